The second kappa shape index (κ2) is 6.86. The molecule has 0 atom stereocenters. The number of rotatable bonds is 3. The van der Waals surface area contributed by atoms with Gasteiger partial charge in [-0.1, -0.05) is 18.2 Å². The first kappa shape index (κ1) is 16.2. The van der Waals surface area contributed by atoms with E-state index < -0.39 is 0 Å². The van der Waals surface area contributed by atoms with E-state index in [-0.39, 0.29) is 5.91 Å². The van der Waals surface area contributed by atoms with Gasteiger partial charge in [-0.05, 0) is 19.1 Å². The number of amides is 1. The van der Waals surface area contributed by atoms with Gasteiger partial charge in [-0.2, -0.15) is 4.98 Å². The van der Waals surface area contributed by atoms with Gasteiger partial charge in [-0.15, -0.1) is 0 Å². The predicted octanol–water partition coefficient (Wildman–Crippen LogP) is 1.81. The van der Waals surface area contributed by atoms with Gasteiger partial charge in [0.25, 0.3) is 5.91 Å². The minimum Gasteiger partial charge on any atom is -0.363 e. The van der Waals surface area contributed by atoms with E-state index in [0.717, 1.165) is 36.1 Å². The Morgan fingerprint density at radius 2 is 1.71 bits per heavy atom. The van der Waals surface area contributed by atoms with E-state index in [0.29, 0.717) is 13.1 Å². The summed E-state index contributed by atoms with van der Waals surface area (Å²) < 4.78 is 0. The number of hydrogen-bond donors (Lipinski definition) is 0. The van der Waals surface area contributed by atoms with Crippen LogP contribution in [0, 0.1) is 6.92 Å². The lowest BCUT2D eigenvalue weighted by molar-refractivity contribution is 0.0746. The van der Waals surface area contributed by atoms with E-state index in [9.17, 15) is 4.79 Å². The highest BCUT2D eigenvalue weighted by Crippen LogP contribution is 2.18. The maximum Gasteiger partial charge on any atom is 0.253 e. The molecule has 0 N–H and O–H groups in total. The fourth-order valence-corrected chi connectivity index (χ4v) is 2.78. The molecule has 3 rings (SSSR count). The summed E-state index contributed by atoms with van der Waals surface area (Å²) in [7, 11) is 3.95. The van der Waals surface area contributed by atoms with Crippen molar-refractivity contribution in [3.63, 3.8) is 0 Å². The molecule has 2 heterocycles. The molecule has 126 valence electrons. The maximum atomic E-state index is 12.5. The van der Waals surface area contributed by atoms with Crippen LogP contribution in [0.15, 0.2) is 36.4 Å². The second-order valence-electron chi connectivity index (χ2n) is 6.21. The van der Waals surface area contributed by atoms with Crippen LogP contribution in [0.3, 0.4) is 0 Å². The molecule has 1 aromatic carbocycles. The zero-order chi connectivity index (χ0) is 17.1. The Morgan fingerprint density at radius 1 is 1.04 bits per heavy atom. The quantitative estimate of drug-likeness (QED) is 0.861. The standard InChI is InChI=1S/C18H23N5O/c1-14-13-16(21(2)3)20-18(19-14)23-11-9-22(10-12-23)17(24)15-7-5-4-6-8-15/h4-8,13H,9-12H2,1-3H3. The molecule has 0 unspecified atom stereocenters. The summed E-state index contributed by atoms with van der Waals surface area (Å²) in [4.78, 5) is 27.7. The molecule has 1 aliphatic heterocycles. The Hall–Kier alpha value is -2.63. The van der Waals surface area contributed by atoms with Crippen molar-refractivity contribution in [1.29, 1.82) is 0 Å². The lowest BCUT2D eigenvalue weighted by Gasteiger charge is -2.35. The van der Waals surface area contributed by atoms with Crippen LogP contribution in [0.5, 0.6) is 0 Å². The fourth-order valence-electron chi connectivity index (χ4n) is 2.78. The Morgan fingerprint density at radius 3 is 2.33 bits per heavy atom. The molecule has 2 aromatic rings. The van der Waals surface area contributed by atoms with Crippen molar-refractivity contribution in [3.05, 3.63) is 47.7 Å². The summed E-state index contributed by atoms with van der Waals surface area (Å²) in [6, 6.07) is 11.4. The second-order valence-corrected chi connectivity index (χ2v) is 6.21. The Balaban J connectivity index is 1.68. The minimum absolute atomic E-state index is 0.0920. The van der Waals surface area contributed by atoms with E-state index in [2.05, 4.69) is 14.9 Å². The normalized spacial score (nSPS) is 14.6. The molecule has 0 bridgehead atoms. The Bertz CT molecular complexity index is 709. The summed E-state index contributed by atoms with van der Waals surface area (Å²) in [5.74, 6) is 1.74. The SMILES string of the molecule is Cc1cc(N(C)C)nc(N2CCN(C(=O)c3ccccc3)CC2)n1. The molecule has 0 aliphatic carbocycles. The van der Waals surface area contributed by atoms with Gasteiger partial charge in [0.05, 0.1) is 0 Å². The van der Waals surface area contributed by atoms with Crippen molar-refractivity contribution in [1.82, 2.24) is 14.9 Å². The highest BCUT2D eigenvalue weighted by Gasteiger charge is 2.23. The van der Waals surface area contributed by atoms with E-state index in [1.807, 2.05) is 67.2 Å². The van der Waals surface area contributed by atoms with Gasteiger partial charge in [0.2, 0.25) is 5.95 Å². The largest absolute Gasteiger partial charge is 0.363 e. The van der Waals surface area contributed by atoms with E-state index >= 15 is 0 Å². The molecule has 1 aliphatic rings. The number of carbonyl (C=O) groups excluding carboxylic acids is 1. The summed E-state index contributed by atoms with van der Waals surface area (Å²) in [5.41, 5.74) is 1.69. The third kappa shape index (κ3) is 3.48. The molecule has 0 spiro atoms. The molecular weight excluding hydrogens is 302 g/mol. The lowest BCUT2D eigenvalue weighted by atomic mass is 10.2. The Labute approximate surface area is 142 Å². The van der Waals surface area contributed by atoms with Crippen LogP contribution < -0.4 is 9.80 Å². The van der Waals surface area contributed by atoms with Crippen molar-refractivity contribution < 1.29 is 4.79 Å². The van der Waals surface area contributed by atoms with Crippen LogP contribution in [0.1, 0.15) is 16.1 Å². The van der Waals surface area contributed by atoms with E-state index in [4.69, 9.17) is 0 Å². The number of nitrogens with zero attached hydrogens (tertiary/aromatic N) is 5. The molecule has 1 aromatic heterocycles. The number of anilines is 2. The van der Waals surface area contributed by atoms with Crippen molar-refractivity contribution in [2.75, 3.05) is 50.1 Å². The molecule has 1 saturated heterocycles. The molecule has 6 heteroatoms. The molecule has 1 fully saturated rings. The molecule has 0 saturated carbocycles. The summed E-state index contributed by atoms with van der Waals surface area (Å²) in [6.07, 6.45) is 0. The lowest BCUT2D eigenvalue weighted by Crippen LogP contribution is -2.49. The zero-order valence-electron chi connectivity index (χ0n) is 14.4. The first-order chi connectivity index (χ1) is 11.5. The predicted molar refractivity (Wildman–Crippen MR) is 95.7 cm³/mol. The summed E-state index contributed by atoms with van der Waals surface area (Å²) in [5, 5.41) is 0. The highest BCUT2D eigenvalue weighted by atomic mass is 16.2. The number of aryl methyl sites for hydroxylation is 1. The molecule has 0 radical (unpaired) electrons. The van der Waals surface area contributed by atoms with Crippen LogP contribution >= 0.6 is 0 Å². The van der Waals surface area contributed by atoms with Crippen LogP contribution in [0.25, 0.3) is 0 Å². The van der Waals surface area contributed by atoms with Gasteiger partial charge < -0.3 is 14.7 Å². The molecule has 6 nitrogen and oxygen atoms in total. The average molecular weight is 325 g/mol. The number of piperazine rings is 1. The first-order valence-electron chi connectivity index (χ1n) is 8.17. The topological polar surface area (TPSA) is 52.6 Å². The number of aromatic nitrogens is 2. The van der Waals surface area contributed by atoms with Gasteiger partial charge >= 0.3 is 0 Å². The summed E-state index contributed by atoms with van der Waals surface area (Å²) in [6.45, 7) is 4.84. The minimum atomic E-state index is 0.0920. The summed E-state index contributed by atoms with van der Waals surface area (Å²) >= 11 is 0. The van der Waals surface area contributed by atoms with Gasteiger partial charge in [0.15, 0.2) is 0 Å². The van der Waals surface area contributed by atoms with Gasteiger partial charge in [-0.3, -0.25) is 4.79 Å². The van der Waals surface area contributed by atoms with E-state index in [1.54, 1.807) is 0 Å². The smallest absolute Gasteiger partial charge is 0.253 e. The fraction of sp³-hybridized carbons (Fsp3) is 0.389. The molecule has 24 heavy (non-hydrogen) atoms. The van der Waals surface area contributed by atoms with Crippen molar-refractivity contribution in [2.24, 2.45) is 0 Å². The van der Waals surface area contributed by atoms with E-state index in [1.165, 1.54) is 0 Å². The molecule has 1 amide bonds. The van der Waals surface area contributed by atoms with Crippen molar-refractivity contribution >= 4 is 17.7 Å². The highest BCUT2D eigenvalue weighted by molar-refractivity contribution is 5.94. The van der Waals surface area contributed by atoms with Crippen molar-refractivity contribution in [2.45, 2.75) is 6.92 Å². The molecular formula is C18H23N5O. The van der Waals surface area contributed by atoms with Crippen LogP contribution in [0.2, 0.25) is 0 Å². The van der Waals surface area contributed by atoms with Crippen molar-refractivity contribution in [3.8, 4) is 0 Å². The third-order valence-electron chi connectivity index (χ3n) is 4.16. The van der Waals surface area contributed by atoms with Gasteiger partial charge in [0.1, 0.15) is 5.82 Å². The maximum absolute atomic E-state index is 12.5. The Kier molecular flexibility index (Phi) is 4.64. The number of benzene rings is 1. The van der Waals surface area contributed by atoms with Gasteiger partial charge in [0, 0.05) is 57.6 Å². The third-order valence-corrected chi connectivity index (χ3v) is 4.16. The number of carbonyl (C=O) groups is 1. The van der Waals surface area contributed by atoms with Gasteiger partial charge in [-0.25, -0.2) is 4.98 Å². The monoisotopic (exact) mass is 325 g/mol. The van der Waals surface area contributed by atoms with Crippen LogP contribution in [0.4, 0.5) is 11.8 Å². The average Bonchev–Trinajstić information content (AvgIpc) is 2.61. The van der Waals surface area contributed by atoms with Crippen LogP contribution in [-0.2, 0) is 0 Å². The van der Waals surface area contributed by atoms with Crippen LogP contribution in [-0.4, -0.2) is 61.0 Å². The zero-order valence-corrected chi connectivity index (χ0v) is 14.4. The first-order valence-corrected chi connectivity index (χ1v) is 8.17. The number of hydrogen-bond acceptors (Lipinski definition) is 5.